The first-order valence-corrected chi connectivity index (χ1v) is 8.80. The third-order valence-corrected chi connectivity index (χ3v) is 3.47. The van der Waals surface area contributed by atoms with Crippen LogP contribution in [0, 0.1) is 0 Å². The van der Waals surface area contributed by atoms with Gasteiger partial charge in [0.2, 0.25) is 0 Å². The molecule has 0 bridgehead atoms. The van der Waals surface area contributed by atoms with Gasteiger partial charge in [0, 0.05) is 6.42 Å². The Balaban J connectivity index is 3.18. The third kappa shape index (κ3) is 18.9. The van der Waals surface area contributed by atoms with E-state index >= 15 is 0 Å². The van der Waals surface area contributed by atoms with Crippen molar-refractivity contribution in [1.29, 1.82) is 0 Å². The number of aldehydes is 1. The Labute approximate surface area is 132 Å². The zero-order valence-corrected chi connectivity index (χ0v) is 13.9. The fraction of sp³-hybridized carbons (Fsp3) is 0.650. The normalized spacial score (nSPS) is 12.0. The summed E-state index contributed by atoms with van der Waals surface area (Å²) in [7, 11) is 0. The minimum atomic E-state index is 0.744. The second kappa shape index (κ2) is 18.9. The van der Waals surface area contributed by atoms with Crippen molar-refractivity contribution in [1.82, 2.24) is 0 Å². The van der Waals surface area contributed by atoms with Crippen LogP contribution in [0.25, 0.3) is 0 Å². The first-order chi connectivity index (χ1) is 10.4. The molecule has 0 spiro atoms. The summed E-state index contributed by atoms with van der Waals surface area (Å²) in [5.74, 6) is 0. The van der Waals surface area contributed by atoms with Crippen LogP contribution >= 0.6 is 0 Å². The summed E-state index contributed by atoms with van der Waals surface area (Å²) < 4.78 is 0. The zero-order chi connectivity index (χ0) is 15.4. The van der Waals surface area contributed by atoms with Gasteiger partial charge in [-0.1, -0.05) is 75.5 Å². The number of hydrogen-bond donors (Lipinski definition) is 0. The molecule has 0 radical (unpaired) electrons. The van der Waals surface area contributed by atoms with E-state index in [0.29, 0.717) is 0 Å². The van der Waals surface area contributed by atoms with Crippen LogP contribution in [-0.2, 0) is 4.79 Å². The van der Waals surface area contributed by atoms with Gasteiger partial charge in [0.1, 0.15) is 6.29 Å². The van der Waals surface area contributed by atoms with Crippen molar-refractivity contribution in [3.63, 3.8) is 0 Å². The van der Waals surface area contributed by atoms with E-state index < -0.39 is 0 Å². The van der Waals surface area contributed by atoms with Gasteiger partial charge in [-0.2, -0.15) is 0 Å². The van der Waals surface area contributed by atoms with E-state index in [-0.39, 0.29) is 0 Å². The lowest BCUT2D eigenvalue weighted by molar-refractivity contribution is -0.107. The smallest absolute Gasteiger partial charge is 0.119 e. The van der Waals surface area contributed by atoms with Crippen LogP contribution in [0.3, 0.4) is 0 Å². The Hall–Kier alpha value is -1.11. The van der Waals surface area contributed by atoms with E-state index in [1.807, 2.05) is 0 Å². The summed E-state index contributed by atoms with van der Waals surface area (Å²) in [5, 5.41) is 0. The van der Waals surface area contributed by atoms with E-state index in [0.717, 1.165) is 38.4 Å². The summed E-state index contributed by atoms with van der Waals surface area (Å²) in [6.45, 7) is 2.16. The van der Waals surface area contributed by atoms with Crippen LogP contribution in [0.5, 0.6) is 0 Å². The lowest BCUT2D eigenvalue weighted by atomic mass is 10.1. The maximum Gasteiger partial charge on any atom is 0.119 e. The molecule has 21 heavy (non-hydrogen) atoms. The van der Waals surface area contributed by atoms with Gasteiger partial charge in [0.05, 0.1) is 0 Å². The predicted octanol–water partition coefficient (Wildman–Crippen LogP) is 6.56. The third-order valence-electron chi connectivity index (χ3n) is 3.47. The van der Waals surface area contributed by atoms with E-state index in [1.54, 1.807) is 0 Å². The van der Waals surface area contributed by atoms with Crippen molar-refractivity contribution < 1.29 is 4.79 Å². The molecule has 0 atom stereocenters. The fourth-order valence-electron chi connectivity index (χ4n) is 2.20. The second-order valence-electron chi connectivity index (χ2n) is 5.51. The van der Waals surface area contributed by atoms with Crippen molar-refractivity contribution in [3.05, 3.63) is 36.5 Å². The predicted molar refractivity (Wildman–Crippen MR) is 94.6 cm³/mol. The summed E-state index contributed by atoms with van der Waals surface area (Å²) in [5.41, 5.74) is 0. The van der Waals surface area contributed by atoms with Gasteiger partial charge >= 0.3 is 0 Å². The van der Waals surface area contributed by atoms with Gasteiger partial charge in [0.25, 0.3) is 0 Å². The molecule has 0 N–H and O–H groups in total. The van der Waals surface area contributed by atoms with E-state index in [1.165, 1.54) is 44.9 Å². The van der Waals surface area contributed by atoms with Gasteiger partial charge in [0.15, 0.2) is 0 Å². The Morgan fingerprint density at radius 1 is 0.571 bits per heavy atom. The van der Waals surface area contributed by atoms with Crippen LogP contribution in [0.15, 0.2) is 36.5 Å². The molecule has 120 valence electrons. The number of carbonyl (C=O) groups is 1. The minimum Gasteiger partial charge on any atom is -0.303 e. The highest BCUT2D eigenvalue weighted by molar-refractivity contribution is 5.48. The van der Waals surface area contributed by atoms with Crippen molar-refractivity contribution >= 4 is 6.29 Å². The monoisotopic (exact) mass is 290 g/mol. The topological polar surface area (TPSA) is 17.1 Å². The minimum absolute atomic E-state index is 0.744. The number of allylic oxidation sites excluding steroid dienone is 6. The van der Waals surface area contributed by atoms with Gasteiger partial charge in [-0.15, -0.1) is 0 Å². The Morgan fingerprint density at radius 2 is 1.05 bits per heavy atom. The maximum absolute atomic E-state index is 10.2. The zero-order valence-electron chi connectivity index (χ0n) is 13.9. The van der Waals surface area contributed by atoms with Crippen LogP contribution in [-0.4, -0.2) is 6.29 Å². The van der Waals surface area contributed by atoms with Gasteiger partial charge in [-0.3, -0.25) is 0 Å². The Morgan fingerprint density at radius 3 is 1.62 bits per heavy atom. The van der Waals surface area contributed by atoms with Gasteiger partial charge in [-0.05, 0) is 38.5 Å². The quantitative estimate of drug-likeness (QED) is 0.190. The molecule has 1 heteroatoms. The summed E-state index contributed by atoms with van der Waals surface area (Å²) in [6, 6.07) is 0. The fourth-order valence-corrected chi connectivity index (χ4v) is 2.20. The SMILES string of the molecule is CCC=CCC=CC/C=C\CCCCCCCCCC=O. The highest BCUT2D eigenvalue weighted by atomic mass is 16.1. The molecule has 0 aliphatic carbocycles. The average molecular weight is 290 g/mol. The number of rotatable bonds is 15. The maximum atomic E-state index is 10.2. The molecule has 0 saturated carbocycles. The molecular weight excluding hydrogens is 256 g/mol. The molecule has 0 heterocycles. The highest BCUT2D eigenvalue weighted by Crippen LogP contribution is 2.09. The average Bonchev–Trinajstić information content (AvgIpc) is 2.50. The first kappa shape index (κ1) is 19.9. The summed E-state index contributed by atoms with van der Waals surface area (Å²) >= 11 is 0. The summed E-state index contributed by atoms with van der Waals surface area (Å²) in [4.78, 5) is 10.2. The van der Waals surface area contributed by atoms with Crippen molar-refractivity contribution in [3.8, 4) is 0 Å². The number of hydrogen-bond acceptors (Lipinski definition) is 1. The molecule has 1 nitrogen and oxygen atoms in total. The van der Waals surface area contributed by atoms with Gasteiger partial charge in [-0.25, -0.2) is 0 Å². The first-order valence-electron chi connectivity index (χ1n) is 8.80. The molecule has 0 aliphatic rings. The van der Waals surface area contributed by atoms with Crippen LogP contribution in [0.4, 0.5) is 0 Å². The molecule has 0 aromatic heterocycles. The largest absolute Gasteiger partial charge is 0.303 e. The van der Waals surface area contributed by atoms with Gasteiger partial charge < -0.3 is 4.79 Å². The molecule has 0 amide bonds. The Bertz CT molecular complexity index is 286. The van der Waals surface area contributed by atoms with E-state index in [2.05, 4.69) is 43.4 Å². The van der Waals surface area contributed by atoms with E-state index in [4.69, 9.17) is 0 Å². The highest BCUT2D eigenvalue weighted by Gasteiger charge is 1.91. The molecule has 0 rings (SSSR count). The molecule has 0 aromatic rings. The van der Waals surface area contributed by atoms with E-state index in [9.17, 15) is 4.79 Å². The standard InChI is InChI=1S/C20H34O/c1-2-3-4-5-6-7-8-9-10-11-12-13-14-15-16-17-18-19-20-21/h3-4,6-7,9-10,20H,2,5,8,11-19H2,1H3/b4-3?,7-6?,10-9-. The van der Waals surface area contributed by atoms with Crippen LogP contribution in [0.2, 0.25) is 0 Å². The second-order valence-corrected chi connectivity index (χ2v) is 5.51. The molecule has 0 aromatic carbocycles. The van der Waals surface area contributed by atoms with Crippen molar-refractivity contribution in [2.75, 3.05) is 0 Å². The van der Waals surface area contributed by atoms with Crippen LogP contribution in [0.1, 0.15) is 84.0 Å². The number of unbranched alkanes of at least 4 members (excludes halogenated alkanes) is 8. The lowest BCUT2D eigenvalue weighted by Gasteiger charge is -1.99. The van der Waals surface area contributed by atoms with Crippen molar-refractivity contribution in [2.45, 2.75) is 84.0 Å². The molecule has 0 aliphatic heterocycles. The number of carbonyl (C=O) groups excluding carboxylic acids is 1. The van der Waals surface area contributed by atoms with Crippen molar-refractivity contribution in [2.24, 2.45) is 0 Å². The lowest BCUT2D eigenvalue weighted by Crippen LogP contribution is -1.81. The molecule has 0 fully saturated rings. The molecule has 0 unspecified atom stereocenters. The molecular formula is C20H34O. The Kier molecular flexibility index (Phi) is 17.9. The summed E-state index contributed by atoms with van der Waals surface area (Å²) in [6.07, 6.45) is 28.7. The molecule has 0 saturated heterocycles. The van der Waals surface area contributed by atoms with Crippen LogP contribution < -0.4 is 0 Å².